The van der Waals surface area contributed by atoms with Gasteiger partial charge in [-0.25, -0.2) is 4.39 Å². The fourth-order valence-electron chi connectivity index (χ4n) is 2.06. The maximum atomic E-state index is 14.5. The molecular weight excluding hydrogens is 191 g/mol. The number of carbonyl (C=O) groups is 1. The first-order valence-corrected chi connectivity index (χ1v) is 5.33. The Hall–Kier alpha value is -1.18. The largest absolute Gasteiger partial charge is 0.294 e. The van der Waals surface area contributed by atoms with Crippen molar-refractivity contribution in [3.8, 4) is 0 Å². The Morgan fingerprint density at radius 1 is 1.40 bits per heavy atom. The maximum absolute atomic E-state index is 14.5. The van der Waals surface area contributed by atoms with Gasteiger partial charge in [0, 0.05) is 5.56 Å². The van der Waals surface area contributed by atoms with E-state index in [1.165, 1.54) is 6.92 Å². The summed E-state index contributed by atoms with van der Waals surface area (Å²) in [4.78, 5) is 11.4. The van der Waals surface area contributed by atoms with E-state index in [4.69, 9.17) is 0 Å². The highest BCUT2D eigenvalue weighted by Gasteiger charge is 2.44. The summed E-state index contributed by atoms with van der Waals surface area (Å²) in [5.41, 5.74) is -0.267. The fourth-order valence-corrected chi connectivity index (χ4v) is 2.06. The van der Waals surface area contributed by atoms with Crippen LogP contribution >= 0.6 is 0 Å². The third-order valence-corrected chi connectivity index (χ3v) is 3.18. The molecule has 0 spiro atoms. The van der Waals surface area contributed by atoms with Gasteiger partial charge in [-0.05, 0) is 38.2 Å². The molecule has 1 aliphatic rings. The molecule has 0 radical (unpaired) electrons. The average molecular weight is 206 g/mol. The lowest BCUT2D eigenvalue weighted by Crippen LogP contribution is -2.21. The van der Waals surface area contributed by atoms with Gasteiger partial charge in [-0.1, -0.05) is 24.3 Å². The van der Waals surface area contributed by atoms with Crippen LogP contribution in [-0.4, -0.2) is 5.78 Å². The predicted octanol–water partition coefficient (Wildman–Crippen LogP) is 3.48. The van der Waals surface area contributed by atoms with Gasteiger partial charge in [-0.15, -0.1) is 0 Å². The zero-order chi connectivity index (χ0) is 11.1. The van der Waals surface area contributed by atoms with E-state index in [1.54, 1.807) is 31.2 Å². The minimum absolute atomic E-state index is 0.0601. The molecule has 1 aromatic carbocycles. The molecule has 0 bridgehead atoms. The van der Waals surface area contributed by atoms with Crippen LogP contribution in [-0.2, 0) is 5.67 Å². The highest BCUT2D eigenvalue weighted by Crippen LogP contribution is 2.49. The van der Waals surface area contributed by atoms with Crippen LogP contribution < -0.4 is 0 Å². The second-order valence-corrected chi connectivity index (χ2v) is 4.45. The Balaban J connectivity index is 2.46. The summed E-state index contributed by atoms with van der Waals surface area (Å²) in [6.45, 7) is 3.08. The highest BCUT2D eigenvalue weighted by atomic mass is 19.1. The highest BCUT2D eigenvalue weighted by molar-refractivity contribution is 5.95. The number of ketones is 1. The van der Waals surface area contributed by atoms with Gasteiger partial charge >= 0.3 is 0 Å². The van der Waals surface area contributed by atoms with Crippen molar-refractivity contribution >= 4 is 5.78 Å². The number of halogens is 1. The van der Waals surface area contributed by atoms with Crippen LogP contribution in [0.15, 0.2) is 24.3 Å². The Morgan fingerprint density at radius 3 is 2.53 bits per heavy atom. The van der Waals surface area contributed by atoms with E-state index in [9.17, 15) is 9.18 Å². The molecule has 1 atom stereocenters. The summed E-state index contributed by atoms with van der Waals surface area (Å²) >= 11 is 0. The smallest absolute Gasteiger partial charge is 0.160 e. The van der Waals surface area contributed by atoms with Crippen molar-refractivity contribution in [1.82, 2.24) is 0 Å². The third kappa shape index (κ3) is 1.81. The van der Waals surface area contributed by atoms with Gasteiger partial charge in [-0.2, -0.15) is 0 Å². The van der Waals surface area contributed by atoms with E-state index in [1.807, 2.05) is 0 Å². The van der Waals surface area contributed by atoms with E-state index < -0.39 is 5.67 Å². The van der Waals surface area contributed by atoms with Crippen molar-refractivity contribution in [3.63, 3.8) is 0 Å². The van der Waals surface area contributed by atoms with Gasteiger partial charge in [-0.3, -0.25) is 4.79 Å². The number of hydrogen-bond acceptors (Lipinski definition) is 1. The van der Waals surface area contributed by atoms with Crippen LogP contribution in [0.25, 0.3) is 0 Å². The van der Waals surface area contributed by atoms with Crippen molar-refractivity contribution < 1.29 is 9.18 Å². The number of alkyl halides is 1. The molecule has 0 N–H and O–H groups in total. The number of Topliss-reactive ketones (excluding diaryl/α,β-unsaturated/α-hetero) is 1. The molecule has 0 aromatic heterocycles. The zero-order valence-electron chi connectivity index (χ0n) is 9.09. The van der Waals surface area contributed by atoms with Crippen LogP contribution in [0.3, 0.4) is 0 Å². The van der Waals surface area contributed by atoms with E-state index >= 15 is 0 Å². The third-order valence-electron chi connectivity index (χ3n) is 3.18. The quantitative estimate of drug-likeness (QED) is 0.692. The summed E-state index contributed by atoms with van der Waals surface area (Å²) in [6, 6.07) is 7.01. The molecule has 80 valence electrons. The summed E-state index contributed by atoms with van der Waals surface area (Å²) in [5, 5.41) is 0. The van der Waals surface area contributed by atoms with Crippen LogP contribution in [0.1, 0.15) is 42.6 Å². The summed E-state index contributed by atoms with van der Waals surface area (Å²) in [5.74, 6) is 0.0353. The Bertz CT molecular complexity index is 391. The molecule has 1 aromatic rings. The molecule has 15 heavy (non-hydrogen) atoms. The van der Waals surface area contributed by atoms with E-state index in [2.05, 4.69) is 0 Å². The molecule has 1 saturated carbocycles. The molecule has 0 saturated heterocycles. The van der Waals surface area contributed by atoms with Crippen LogP contribution in [0.4, 0.5) is 4.39 Å². The zero-order valence-corrected chi connectivity index (χ0v) is 9.09. The molecule has 1 fully saturated rings. The molecule has 1 aliphatic carbocycles. The van der Waals surface area contributed by atoms with Gasteiger partial charge in [0.05, 0.1) is 0 Å². The molecule has 2 heteroatoms. The first-order chi connectivity index (χ1) is 7.03. The van der Waals surface area contributed by atoms with Gasteiger partial charge in [0.1, 0.15) is 5.67 Å². The summed E-state index contributed by atoms with van der Waals surface area (Å²) in [6.07, 6.45) is 1.86. The minimum Gasteiger partial charge on any atom is -0.294 e. The second-order valence-electron chi connectivity index (χ2n) is 4.45. The number of rotatable bonds is 3. The molecule has 0 heterocycles. The van der Waals surface area contributed by atoms with Crippen molar-refractivity contribution in [2.45, 2.75) is 32.4 Å². The molecule has 1 nitrogen and oxygen atoms in total. The maximum Gasteiger partial charge on any atom is 0.160 e. The summed E-state index contributed by atoms with van der Waals surface area (Å²) in [7, 11) is 0. The molecule has 0 aliphatic heterocycles. The van der Waals surface area contributed by atoms with E-state index in [0.29, 0.717) is 11.1 Å². The standard InChI is InChI=1S/C13H15FO/c1-9(15)11-5-3-4-6-12(11)13(2,14)10-7-8-10/h3-6,10H,7-8H2,1-2H3. The van der Waals surface area contributed by atoms with Gasteiger partial charge in [0.15, 0.2) is 5.78 Å². The topological polar surface area (TPSA) is 17.1 Å². The van der Waals surface area contributed by atoms with Crippen LogP contribution in [0, 0.1) is 5.92 Å². The fraction of sp³-hybridized carbons (Fsp3) is 0.462. The Labute approximate surface area is 89.3 Å². The monoisotopic (exact) mass is 206 g/mol. The molecular formula is C13H15FO. The predicted molar refractivity (Wildman–Crippen MR) is 57.6 cm³/mol. The molecule has 2 rings (SSSR count). The normalized spacial score (nSPS) is 19.7. The van der Waals surface area contributed by atoms with Gasteiger partial charge in [0.2, 0.25) is 0 Å². The van der Waals surface area contributed by atoms with Gasteiger partial charge < -0.3 is 0 Å². The number of hydrogen-bond donors (Lipinski definition) is 0. The van der Waals surface area contributed by atoms with Crippen molar-refractivity contribution in [2.24, 2.45) is 5.92 Å². The van der Waals surface area contributed by atoms with Crippen molar-refractivity contribution in [3.05, 3.63) is 35.4 Å². The first kappa shape index (κ1) is 10.3. The Kier molecular flexibility index (Phi) is 2.37. The van der Waals surface area contributed by atoms with Crippen molar-refractivity contribution in [2.75, 3.05) is 0 Å². The summed E-state index contributed by atoms with van der Waals surface area (Å²) < 4.78 is 14.5. The lowest BCUT2D eigenvalue weighted by molar-refractivity contribution is 0.0999. The van der Waals surface area contributed by atoms with Crippen LogP contribution in [0.5, 0.6) is 0 Å². The molecule has 1 unspecified atom stereocenters. The lowest BCUT2D eigenvalue weighted by Gasteiger charge is -2.22. The van der Waals surface area contributed by atoms with Gasteiger partial charge in [0.25, 0.3) is 0 Å². The van der Waals surface area contributed by atoms with Crippen molar-refractivity contribution in [1.29, 1.82) is 0 Å². The average Bonchev–Trinajstić information content (AvgIpc) is 3.01. The van der Waals surface area contributed by atoms with E-state index in [-0.39, 0.29) is 11.7 Å². The number of benzene rings is 1. The first-order valence-electron chi connectivity index (χ1n) is 5.33. The van der Waals surface area contributed by atoms with E-state index in [0.717, 1.165) is 12.8 Å². The van der Waals surface area contributed by atoms with Crippen LogP contribution in [0.2, 0.25) is 0 Å². The lowest BCUT2D eigenvalue weighted by atomic mass is 9.88. The Morgan fingerprint density at radius 2 is 2.00 bits per heavy atom. The second kappa shape index (κ2) is 3.44. The number of carbonyl (C=O) groups excluding carboxylic acids is 1. The SMILES string of the molecule is CC(=O)c1ccccc1C(C)(F)C1CC1. The minimum atomic E-state index is -1.34. The molecule has 0 amide bonds.